The molecular weight excluding hydrogens is 492 g/mol. The fourth-order valence-electron chi connectivity index (χ4n) is 5.09. The number of aromatic nitrogens is 1. The molecule has 1 fully saturated rings. The number of nitrogens with one attached hydrogen (secondary N) is 2. The van der Waals surface area contributed by atoms with Crippen molar-refractivity contribution >= 4 is 17.5 Å². The Morgan fingerprint density at radius 3 is 2.77 bits per heavy atom. The maximum absolute atomic E-state index is 13.1. The second-order valence-electron chi connectivity index (χ2n) is 10.7. The van der Waals surface area contributed by atoms with Crippen LogP contribution in [0.1, 0.15) is 24.0 Å². The van der Waals surface area contributed by atoms with Gasteiger partial charge >= 0.3 is 0 Å². The molecule has 0 radical (unpaired) electrons. The van der Waals surface area contributed by atoms with Gasteiger partial charge in [0.1, 0.15) is 12.4 Å². The predicted molar refractivity (Wildman–Crippen MR) is 153 cm³/mol. The zero-order chi connectivity index (χ0) is 27.6. The maximum Gasteiger partial charge on any atom is 0.236 e. The number of hydrogen-bond donors (Lipinski definition) is 2. The Labute approximate surface area is 232 Å². The molecule has 2 atom stereocenters. The number of benzene rings is 1. The number of nitrogens with zero attached hydrogens (tertiary/aromatic N) is 4. The number of amides is 2. The molecule has 39 heavy (non-hydrogen) atoms. The second kappa shape index (κ2) is 14.1. The minimum atomic E-state index is 0.0334. The van der Waals surface area contributed by atoms with E-state index in [9.17, 15) is 9.59 Å². The summed E-state index contributed by atoms with van der Waals surface area (Å²) >= 11 is 0. The molecule has 0 spiro atoms. The van der Waals surface area contributed by atoms with Crippen LogP contribution in [0.3, 0.4) is 0 Å². The van der Waals surface area contributed by atoms with Crippen molar-refractivity contribution in [3.05, 3.63) is 66.0 Å². The normalized spacial score (nSPS) is 20.6. The Balaban J connectivity index is 1.41. The third-order valence-corrected chi connectivity index (χ3v) is 7.52. The number of fused-ring (bicyclic) bond motifs is 3. The van der Waals surface area contributed by atoms with Crippen LogP contribution in [0.25, 0.3) is 0 Å². The van der Waals surface area contributed by atoms with E-state index < -0.39 is 0 Å². The van der Waals surface area contributed by atoms with E-state index in [0.717, 1.165) is 42.1 Å². The number of carbonyl (C=O) groups excluding carboxylic acids is 2. The second-order valence-corrected chi connectivity index (χ2v) is 10.7. The highest BCUT2D eigenvalue weighted by Gasteiger charge is 2.31. The van der Waals surface area contributed by atoms with Gasteiger partial charge in [-0.25, -0.2) is 0 Å². The van der Waals surface area contributed by atoms with E-state index in [2.05, 4.69) is 64.8 Å². The van der Waals surface area contributed by atoms with E-state index in [4.69, 9.17) is 4.74 Å². The van der Waals surface area contributed by atoms with Crippen molar-refractivity contribution in [2.24, 2.45) is 11.8 Å². The molecule has 210 valence electrons. The first kappa shape index (κ1) is 28.6. The third-order valence-electron chi connectivity index (χ3n) is 7.52. The first-order valence-corrected chi connectivity index (χ1v) is 13.8. The molecule has 9 nitrogen and oxygen atoms in total. The van der Waals surface area contributed by atoms with Crippen LogP contribution in [0, 0.1) is 11.8 Å². The van der Waals surface area contributed by atoms with Crippen LogP contribution in [-0.2, 0) is 22.7 Å². The monoisotopic (exact) mass is 534 g/mol. The van der Waals surface area contributed by atoms with E-state index >= 15 is 0 Å². The molecule has 0 unspecified atom stereocenters. The molecule has 9 heteroatoms. The highest BCUT2D eigenvalue weighted by Crippen LogP contribution is 2.29. The topological polar surface area (TPSA) is 90.0 Å². The SMILES string of the molecule is CN(C)CCN(C)c1ccc2c(c1)CNCC(=O)N1CC[C@@H](CC(=O)NCc3ccncc3)[C@@H](/C=C\CO2)C1. The molecule has 0 aliphatic carbocycles. The maximum atomic E-state index is 13.1. The third kappa shape index (κ3) is 8.53. The van der Waals surface area contributed by atoms with E-state index in [0.29, 0.717) is 39.2 Å². The first-order valence-electron chi connectivity index (χ1n) is 13.8. The minimum absolute atomic E-state index is 0.0334. The smallest absolute Gasteiger partial charge is 0.236 e. The molecule has 2 aromatic rings. The predicted octanol–water partition coefficient (Wildman–Crippen LogP) is 2.29. The van der Waals surface area contributed by atoms with Crippen LogP contribution in [0.15, 0.2) is 54.9 Å². The van der Waals surface area contributed by atoms with Gasteiger partial charge in [-0.05, 0) is 68.2 Å². The number of rotatable bonds is 8. The zero-order valence-corrected chi connectivity index (χ0v) is 23.4. The Kier molecular flexibility index (Phi) is 10.3. The van der Waals surface area contributed by atoms with Crippen molar-refractivity contribution in [3.8, 4) is 5.75 Å². The number of hydrogen-bond acceptors (Lipinski definition) is 7. The standard InChI is InChI=1S/C30H42N6O3/c1-34(2)14-15-35(3)27-6-7-28-26(17-27)20-32-21-30(38)36-13-10-24(25(22-36)5-4-16-39-28)18-29(37)33-19-23-8-11-31-12-9-23/h4-9,11-12,17,24-25,32H,10,13-16,18-22H2,1-3H3,(H,33,37)/b5-4-/t24-,25-/m0/s1. The van der Waals surface area contributed by atoms with Crippen molar-refractivity contribution in [1.29, 1.82) is 0 Å². The quantitative estimate of drug-likeness (QED) is 0.503. The number of carbonyl (C=O) groups is 2. The molecule has 1 saturated heterocycles. The molecule has 1 aromatic heterocycles. The molecule has 2 N–H and O–H groups in total. The van der Waals surface area contributed by atoms with Gasteiger partial charge in [0.2, 0.25) is 11.8 Å². The van der Waals surface area contributed by atoms with Crippen LogP contribution in [0.4, 0.5) is 5.69 Å². The van der Waals surface area contributed by atoms with E-state index in [1.165, 1.54) is 0 Å². The molecule has 2 aliphatic rings. The van der Waals surface area contributed by atoms with Crippen LogP contribution in [-0.4, -0.2) is 87.1 Å². The van der Waals surface area contributed by atoms with Crippen LogP contribution < -0.4 is 20.3 Å². The summed E-state index contributed by atoms with van der Waals surface area (Å²) in [5.74, 6) is 1.22. The lowest BCUT2D eigenvalue weighted by Crippen LogP contribution is -2.47. The summed E-state index contributed by atoms with van der Waals surface area (Å²) < 4.78 is 6.17. The molecule has 3 heterocycles. The molecule has 2 aliphatic heterocycles. The van der Waals surface area contributed by atoms with Gasteiger partial charge in [0.15, 0.2) is 0 Å². The van der Waals surface area contributed by atoms with Crippen molar-refractivity contribution in [2.45, 2.75) is 25.9 Å². The summed E-state index contributed by atoms with van der Waals surface area (Å²) in [6.07, 6.45) is 8.86. The van der Waals surface area contributed by atoms with Crippen LogP contribution in [0.2, 0.25) is 0 Å². The van der Waals surface area contributed by atoms with E-state index in [1.807, 2.05) is 29.2 Å². The Hall–Kier alpha value is -3.43. The number of ether oxygens (including phenoxy) is 1. The van der Waals surface area contributed by atoms with Gasteiger partial charge in [0.05, 0.1) is 6.54 Å². The largest absolute Gasteiger partial charge is 0.489 e. The van der Waals surface area contributed by atoms with Crippen LogP contribution in [0.5, 0.6) is 5.75 Å². The van der Waals surface area contributed by atoms with Gasteiger partial charge in [-0.3, -0.25) is 14.6 Å². The molecule has 4 rings (SSSR count). The van der Waals surface area contributed by atoms with Crippen molar-refractivity contribution in [2.75, 3.05) is 65.4 Å². The van der Waals surface area contributed by atoms with Gasteiger partial charge in [0.25, 0.3) is 0 Å². The summed E-state index contributed by atoms with van der Waals surface area (Å²) in [4.78, 5) is 36.2. The number of pyridine rings is 1. The van der Waals surface area contributed by atoms with E-state index in [1.54, 1.807) is 12.4 Å². The Morgan fingerprint density at radius 2 is 1.97 bits per heavy atom. The van der Waals surface area contributed by atoms with Gasteiger partial charge in [-0.1, -0.05) is 12.2 Å². The van der Waals surface area contributed by atoms with Gasteiger partial charge in [-0.2, -0.15) is 0 Å². The van der Waals surface area contributed by atoms with Crippen molar-refractivity contribution in [1.82, 2.24) is 25.4 Å². The Morgan fingerprint density at radius 1 is 1.15 bits per heavy atom. The number of likely N-dealkylation sites (N-methyl/N-ethyl adjacent to an activating group) is 2. The molecule has 0 saturated carbocycles. The van der Waals surface area contributed by atoms with Gasteiger partial charge < -0.3 is 30.1 Å². The average molecular weight is 535 g/mol. The van der Waals surface area contributed by atoms with Crippen molar-refractivity contribution < 1.29 is 14.3 Å². The lowest BCUT2D eigenvalue weighted by molar-refractivity contribution is -0.132. The lowest BCUT2D eigenvalue weighted by atomic mass is 9.82. The summed E-state index contributed by atoms with van der Waals surface area (Å²) in [7, 11) is 6.24. The van der Waals surface area contributed by atoms with Crippen LogP contribution >= 0.6 is 0 Å². The lowest BCUT2D eigenvalue weighted by Gasteiger charge is -2.37. The summed E-state index contributed by atoms with van der Waals surface area (Å²) in [6, 6.07) is 10.1. The summed E-state index contributed by atoms with van der Waals surface area (Å²) in [5, 5.41) is 6.37. The summed E-state index contributed by atoms with van der Waals surface area (Å²) in [5.41, 5.74) is 3.18. The fraction of sp³-hybridized carbons (Fsp3) is 0.500. The number of anilines is 1. The Bertz CT molecular complexity index is 1120. The highest BCUT2D eigenvalue weighted by atomic mass is 16.5. The first-order chi connectivity index (χ1) is 18.9. The van der Waals surface area contributed by atoms with E-state index in [-0.39, 0.29) is 30.2 Å². The number of piperidine rings is 1. The molecule has 2 bridgehead atoms. The minimum Gasteiger partial charge on any atom is -0.489 e. The summed E-state index contributed by atoms with van der Waals surface area (Å²) in [6.45, 7) is 4.92. The van der Waals surface area contributed by atoms with Crippen molar-refractivity contribution in [3.63, 3.8) is 0 Å². The fourth-order valence-corrected chi connectivity index (χ4v) is 5.09. The molecule has 1 aromatic carbocycles. The zero-order valence-electron chi connectivity index (χ0n) is 23.4. The average Bonchev–Trinajstić information content (AvgIpc) is 2.95. The highest BCUT2D eigenvalue weighted by molar-refractivity contribution is 5.79. The molecule has 2 amide bonds. The molecular formula is C30H42N6O3. The van der Waals surface area contributed by atoms with Gasteiger partial charge in [0, 0.05) is 76.4 Å². The van der Waals surface area contributed by atoms with Gasteiger partial charge in [-0.15, -0.1) is 0 Å².